The van der Waals surface area contributed by atoms with Crippen LogP contribution in [0, 0.1) is 6.92 Å². The largest absolute Gasteiger partial charge is 0.396 e. The minimum atomic E-state index is -0.0938. The summed E-state index contributed by atoms with van der Waals surface area (Å²) in [5, 5.41) is 8.69. The van der Waals surface area contributed by atoms with E-state index in [0.717, 1.165) is 11.1 Å². The molecule has 12 heavy (non-hydrogen) atoms. The molecule has 0 saturated carbocycles. The first-order chi connectivity index (χ1) is 5.75. The van der Waals surface area contributed by atoms with Gasteiger partial charge in [0.05, 0.1) is 0 Å². The number of aryl methyl sites for hydroxylation is 1. The smallest absolute Gasteiger partial charge is 0.0449 e. The number of aromatic nitrogens is 1. The Balaban J connectivity index is 2.79. The summed E-state index contributed by atoms with van der Waals surface area (Å²) in [5.74, 6) is 0. The fraction of sp³-hybridized carbons (Fsp3) is 0.444. The molecule has 1 atom stereocenters. The number of hydrogen-bond acceptors (Lipinski definition) is 3. The molecular formula is C9H14N2O. The fourth-order valence-corrected chi connectivity index (χ4v) is 1.16. The summed E-state index contributed by atoms with van der Waals surface area (Å²) in [5.41, 5.74) is 7.96. The normalized spacial score (nSPS) is 12.9. The molecule has 0 amide bonds. The van der Waals surface area contributed by atoms with E-state index in [1.807, 2.05) is 13.0 Å². The van der Waals surface area contributed by atoms with E-state index in [9.17, 15) is 0 Å². The number of aliphatic hydroxyl groups is 1. The van der Waals surface area contributed by atoms with Gasteiger partial charge in [-0.05, 0) is 30.5 Å². The molecule has 3 heteroatoms. The van der Waals surface area contributed by atoms with Gasteiger partial charge in [0.1, 0.15) is 0 Å². The van der Waals surface area contributed by atoms with Gasteiger partial charge in [-0.15, -0.1) is 0 Å². The van der Waals surface area contributed by atoms with Gasteiger partial charge in [0.25, 0.3) is 0 Å². The summed E-state index contributed by atoms with van der Waals surface area (Å²) in [6.07, 6.45) is 4.09. The quantitative estimate of drug-likeness (QED) is 0.697. The lowest BCUT2D eigenvalue weighted by Crippen LogP contribution is -2.13. The van der Waals surface area contributed by atoms with Crippen LogP contribution in [0.15, 0.2) is 18.5 Å². The summed E-state index contributed by atoms with van der Waals surface area (Å²) in [6, 6.07) is 1.83. The molecule has 1 rings (SSSR count). The first-order valence-corrected chi connectivity index (χ1v) is 4.02. The lowest BCUT2D eigenvalue weighted by molar-refractivity contribution is 0.276. The molecule has 0 fully saturated rings. The first kappa shape index (κ1) is 9.16. The molecule has 1 aromatic rings. The minimum Gasteiger partial charge on any atom is -0.396 e. The summed E-state index contributed by atoms with van der Waals surface area (Å²) in [7, 11) is 0. The number of pyridine rings is 1. The van der Waals surface area contributed by atoms with Crippen molar-refractivity contribution >= 4 is 0 Å². The lowest BCUT2D eigenvalue weighted by atomic mass is 10.0. The van der Waals surface area contributed by atoms with Crippen LogP contribution >= 0.6 is 0 Å². The monoisotopic (exact) mass is 166 g/mol. The van der Waals surface area contributed by atoms with Crippen LogP contribution in [-0.2, 0) is 0 Å². The van der Waals surface area contributed by atoms with Crippen LogP contribution in [0.2, 0.25) is 0 Å². The van der Waals surface area contributed by atoms with E-state index in [1.165, 1.54) is 0 Å². The highest BCUT2D eigenvalue weighted by Gasteiger charge is 2.07. The average molecular weight is 166 g/mol. The zero-order valence-corrected chi connectivity index (χ0v) is 7.20. The Bertz CT molecular complexity index is 250. The van der Waals surface area contributed by atoms with E-state index in [2.05, 4.69) is 4.98 Å². The SMILES string of the molecule is Cc1ccncc1C(N)CCO. The summed E-state index contributed by atoms with van der Waals surface area (Å²) in [6.45, 7) is 2.11. The molecule has 3 N–H and O–H groups in total. The van der Waals surface area contributed by atoms with Crippen molar-refractivity contribution in [1.29, 1.82) is 0 Å². The first-order valence-electron chi connectivity index (χ1n) is 4.02. The molecule has 0 aliphatic carbocycles. The Morgan fingerprint density at radius 1 is 1.67 bits per heavy atom. The van der Waals surface area contributed by atoms with Gasteiger partial charge in [-0.1, -0.05) is 0 Å². The van der Waals surface area contributed by atoms with Crippen LogP contribution in [0.1, 0.15) is 23.6 Å². The van der Waals surface area contributed by atoms with Gasteiger partial charge in [-0.2, -0.15) is 0 Å². The van der Waals surface area contributed by atoms with Crippen LogP contribution in [-0.4, -0.2) is 16.7 Å². The van der Waals surface area contributed by atoms with Crippen molar-refractivity contribution in [2.75, 3.05) is 6.61 Å². The molecular weight excluding hydrogens is 152 g/mol. The maximum Gasteiger partial charge on any atom is 0.0449 e. The van der Waals surface area contributed by atoms with E-state index in [4.69, 9.17) is 10.8 Å². The van der Waals surface area contributed by atoms with E-state index < -0.39 is 0 Å². The van der Waals surface area contributed by atoms with E-state index in [1.54, 1.807) is 12.4 Å². The Labute approximate surface area is 72.2 Å². The van der Waals surface area contributed by atoms with Crippen molar-refractivity contribution in [2.45, 2.75) is 19.4 Å². The van der Waals surface area contributed by atoms with Crippen LogP contribution in [0.3, 0.4) is 0 Å². The van der Waals surface area contributed by atoms with Crippen LogP contribution in [0.5, 0.6) is 0 Å². The zero-order valence-electron chi connectivity index (χ0n) is 7.20. The highest BCUT2D eigenvalue weighted by atomic mass is 16.3. The van der Waals surface area contributed by atoms with Gasteiger partial charge in [-0.25, -0.2) is 0 Å². The molecule has 0 bridgehead atoms. The van der Waals surface area contributed by atoms with Crippen molar-refractivity contribution < 1.29 is 5.11 Å². The van der Waals surface area contributed by atoms with E-state index in [-0.39, 0.29) is 12.6 Å². The van der Waals surface area contributed by atoms with Gasteiger partial charge in [0, 0.05) is 25.0 Å². The standard InChI is InChI=1S/C9H14N2O/c1-7-2-4-11-6-8(7)9(10)3-5-12/h2,4,6,9,12H,3,5,10H2,1H3. The van der Waals surface area contributed by atoms with Crippen molar-refractivity contribution in [1.82, 2.24) is 4.98 Å². The molecule has 66 valence electrons. The van der Waals surface area contributed by atoms with Crippen molar-refractivity contribution in [2.24, 2.45) is 5.73 Å². The second kappa shape index (κ2) is 4.18. The Morgan fingerprint density at radius 3 is 3.00 bits per heavy atom. The number of nitrogens with zero attached hydrogens (tertiary/aromatic N) is 1. The molecule has 0 aromatic carbocycles. The van der Waals surface area contributed by atoms with Crippen molar-refractivity contribution in [3.05, 3.63) is 29.6 Å². The Hall–Kier alpha value is -0.930. The summed E-state index contributed by atoms with van der Waals surface area (Å²) < 4.78 is 0. The predicted octanol–water partition coefficient (Wildman–Crippen LogP) is 0.772. The highest BCUT2D eigenvalue weighted by molar-refractivity contribution is 5.24. The third kappa shape index (κ3) is 2.03. The second-order valence-corrected chi connectivity index (χ2v) is 2.85. The van der Waals surface area contributed by atoms with Crippen molar-refractivity contribution in [3.63, 3.8) is 0 Å². The van der Waals surface area contributed by atoms with E-state index in [0.29, 0.717) is 6.42 Å². The summed E-state index contributed by atoms with van der Waals surface area (Å²) in [4.78, 5) is 3.99. The Kier molecular flexibility index (Phi) is 3.19. The van der Waals surface area contributed by atoms with Crippen molar-refractivity contribution in [3.8, 4) is 0 Å². The molecule has 0 radical (unpaired) electrons. The zero-order chi connectivity index (χ0) is 8.97. The van der Waals surface area contributed by atoms with Crippen LogP contribution < -0.4 is 5.73 Å². The molecule has 0 aliphatic heterocycles. The molecule has 0 spiro atoms. The van der Waals surface area contributed by atoms with E-state index >= 15 is 0 Å². The Morgan fingerprint density at radius 2 is 2.42 bits per heavy atom. The molecule has 3 nitrogen and oxygen atoms in total. The third-order valence-electron chi connectivity index (χ3n) is 1.92. The summed E-state index contributed by atoms with van der Waals surface area (Å²) >= 11 is 0. The van der Waals surface area contributed by atoms with Gasteiger partial charge in [0.2, 0.25) is 0 Å². The molecule has 1 unspecified atom stereocenters. The number of rotatable bonds is 3. The molecule has 1 heterocycles. The fourth-order valence-electron chi connectivity index (χ4n) is 1.16. The van der Waals surface area contributed by atoms with Gasteiger partial charge < -0.3 is 10.8 Å². The molecule has 1 aromatic heterocycles. The topological polar surface area (TPSA) is 59.1 Å². The minimum absolute atomic E-state index is 0.0938. The average Bonchev–Trinajstić information content (AvgIpc) is 2.05. The second-order valence-electron chi connectivity index (χ2n) is 2.85. The number of aliphatic hydroxyl groups excluding tert-OH is 1. The maximum atomic E-state index is 8.69. The predicted molar refractivity (Wildman–Crippen MR) is 47.6 cm³/mol. The van der Waals surface area contributed by atoms with Crippen LogP contribution in [0.25, 0.3) is 0 Å². The molecule has 0 saturated heterocycles. The van der Waals surface area contributed by atoms with Gasteiger partial charge in [0.15, 0.2) is 0 Å². The maximum absolute atomic E-state index is 8.69. The van der Waals surface area contributed by atoms with Gasteiger partial charge in [-0.3, -0.25) is 4.98 Å². The highest BCUT2D eigenvalue weighted by Crippen LogP contribution is 2.15. The number of nitrogens with two attached hydrogens (primary N) is 1. The third-order valence-corrected chi connectivity index (χ3v) is 1.92. The number of hydrogen-bond donors (Lipinski definition) is 2. The lowest BCUT2D eigenvalue weighted by Gasteiger charge is -2.11. The van der Waals surface area contributed by atoms with Crippen LogP contribution in [0.4, 0.5) is 0 Å². The van der Waals surface area contributed by atoms with Gasteiger partial charge >= 0.3 is 0 Å². The molecule has 0 aliphatic rings.